The number of esters is 2. The van der Waals surface area contributed by atoms with Gasteiger partial charge in [-0.3, -0.25) is 4.79 Å². The second-order valence-corrected chi connectivity index (χ2v) is 11.1. The molecule has 2 unspecified atom stereocenters. The van der Waals surface area contributed by atoms with Gasteiger partial charge in [-0.2, -0.15) is 0 Å². The van der Waals surface area contributed by atoms with E-state index < -0.39 is 23.1 Å². The fraction of sp³-hybridized carbons (Fsp3) is 0.667. The second kappa shape index (κ2) is 8.74. The average molecular weight is 506 g/mol. The standard InChI is InChI=1S/C22H25Cl3O5.C2H6/c1-19(2)12-5-6-21(19,4)22(9-12)28-10-20(3,11-29-22)18(27)30-17(26)16-14(24)7-13(23)8-15(16)25;1-2/h7-8,12H,5-6,9-11H2,1-4H3;1-2H3. The van der Waals surface area contributed by atoms with E-state index in [1.807, 2.05) is 13.8 Å². The Hall–Kier alpha value is -0.850. The van der Waals surface area contributed by atoms with Crippen LogP contribution in [-0.2, 0) is 19.0 Å². The molecule has 3 fully saturated rings. The maximum atomic E-state index is 12.8. The van der Waals surface area contributed by atoms with Crippen LogP contribution in [0.15, 0.2) is 12.1 Å². The minimum atomic E-state index is -1.12. The van der Waals surface area contributed by atoms with Crippen LogP contribution < -0.4 is 0 Å². The number of carbonyl (C=O) groups excluding carboxylic acids is 2. The lowest BCUT2D eigenvalue weighted by molar-refractivity contribution is -0.345. The van der Waals surface area contributed by atoms with Gasteiger partial charge in [-0.1, -0.05) is 69.4 Å². The largest absolute Gasteiger partial charge is 0.389 e. The fourth-order valence-corrected chi connectivity index (χ4v) is 6.34. The first-order valence-corrected chi connectivity index (χ1v) is 12.2. The minimum Gasteiger partial charge on any atom is -0.389 e. The van der Waals surface area contributed by atoms with Crippen molar-refractivity contribution >= 4 is 46.7 Å². The molecule has 32 heavy (non-hydrogen) atoms. The summed E-state index contributed by atoms with van der Waals surface area (Å²) in [5, 5.41) is 0.312. The summed E-state index contributed by atoms with van der Waals surface area (Å²) in [6, 6.07) is 2.73. The van der Waals surface area contributed by atoms with E-state index >= 15 is 0 Å². The van der Waals surface area contributed by atoms with Crippen molar-refractivity contribution in [2.45, 2.75) is 66.6 Å². The number of hydrogen-bond donors (Lipinski definition) is 0. The maximum absolute atomic E-state index is 12.8. The molecule has 1 saturated heterocycles. The van der Waals surface area contributed by atoms with E-state index in [0.717, 1.165) is 19.3 Å². The zero-order chi connectivity index (χ0) is 24.1. The van der Waals surface area contributed by atoms with Crippen LogP contribution in [0.4, 0.5) is 0 Å². The molecule has 178 valence electrons. The van der Waals surface area contributed by atoms with Crippen LogP contribution in [0.5, 0.6) is 0 Å². The first-order chi connectivity index (χ1) is 14.9. The molecular formula is C24H31Cl3O5. The van der Waals surface area contributed by atoms with Gasteiger partial charge in [-0.25, -0.2) is 4.79 Å². The Morgan fingerprint density at radius 2 is 1.53 bits per heavy atom. The molecule has 1 spiro atoms. The number of rotatable bonds is 2. The highest BCUT2D eigenvalue weighted by Crippen LogP contribution is 2.71. The predicted molar refractivity (Wildman–Crippen MR) is 125 cm³/mol. The Kier molecular flexibility index (Phi) is 7.04. The third-order valence-corrected chi connectivity index (χ3v) is 8.74. The topological polar surface area (TPSA) is 61.8 Å². The van der Waals surface area contributed by atoms with Crippen molar-refractivity contribution in [2.75, 3.05) is 13.2 Å². The first-order valence-electron chi connectivity index (χ1n) is 11.0. The molecule has 0 N–H and O–H groups in total. The third kappa shape index (κ3) is 3.78. The number of fused-ring (bicyclic) bond motifs is 3. The lowest BCUT2D eigenvalue weighted by Crippen LogP contribution is -2.59. The summed E-state index contributed by atoms with van der Waals surface area (Å²) < 4.78 is 17.7. The van der Waals surface area contributed by atoms with Gasteiger partial charge in [-0.15, -0.1) is 0 Å². The minimum absolute atomic E-state index is 0.0164. The van der Waals surface area contributed by atoms with Gasteiger partial charge in [0.15, 0.2) is 5.79 Å². The Morgan fingerprint density at radius 1 is 1.00 bits per heavy atom. The van der Waals surface area contributed by atoms with Crippen LogP contribution in [0.25, 0.3) is 0 Å². The number of halogens is 3. The Morgan fingerprint density at radius 3 is 1.97 bits per heavy atom. The molecule has 1 aliphatic heterocycles. The maximum Gasteiger partial charge on any atom is 0.348 e. The van der Waals surface area contributed by atoms with Gasteiger partial charge in [0, 0.05) is 16.9 Å². The summed E-state index contributed by atoms with van der Waals surface area (Å²) in [6.07, 6.45) is 3.00. The molecule has 2 atom stereocenters. The van der Waals surface area contributed by atoms with Gasteiger partial charge in [0.2, 0.25) is 0 Å². The summed E-state index contributed by atoms with van der Waals surface area (Å²) >= 11 is 18.0. The van der Waals surface area contributed by atoms with Crippen molar-refractivity contribution in [3.05, 3.63) is 32.8 Å². The van der Waals surface area contributed by atoms with Crippen molar-refractivity contribution < 1.29 is 23.8 Å². The van der Waals surface area contributed by atoms with E-state index in [-0.39, 0.29) is 44.7 Å². The molecule has 0 amide bonds. The van der Waals surface area contributed by atoms with Gasteiger partial charge >= 0.3 is 11.9 Å². The number of carbonyl (C=O) groups is 2. The third-order valence-electron chi connectivity index (χ3n) is 7.93. The summed E-state index contributed by atoms with van der Waals surface area (Å²) in [5.41, 5.74) is -1.25. The zero-order valence-electron chi connectivity index (χ0n) is 19.4. The molecule has 3 aliphatic rings. The quantitative estimate of drug-likeness (QED) is 0.321. The van der Waals surface area contributed by atoms with Gasteiger partial charge < -0.3 is 14.2 Å². The van der Waals surface area contributed by atoms with Gasteiger partial charge in [0.05, 0.1) is 28.8 Å². The molecule has 4 rings (SSSR count). The van der Waals surface area contributed by atoms with E-state index in [1.165, 1.54) is 12.1 Å². The summed E-state index contributed by atoms with van der Waals surface area (Å²) in [7, 11) is 0. The SMILES string of the molecule is CC.CC1(C(=O)OC(=O)c2c(Cl)cc(Cl)cc2Cl)COC2(CC3CCC2(C)C3(C)C)OC1. The molecular weight excluding hydrogens is 475 g/mol. The van der Waals surface area contributed by atoms with Gasteiger partial charge in [0.25, 0.3) is 0 Å². The molecule has 0 aromatic heterocycles. The molecule has 2 bridgehead atoms. The molecule has 0 radical (unpaired) electrons. The van der Waals surface area contributed by atoms with Crippen LogP contribution in [-0.4, -0.2) is 30.9 Å². The molecule has 1 heterocycles. The van der Waals surface area contributed by atoms with Gasteiger partial charge in [-0.05, 0) is 43.2 Å². The molecule has 2 saturated carbocycles. The summed E-state index contributed by atoms with van der Waals surface area (Å²) in [6.45, 7) is 12.6. The Bertz CT molecular complexity index is 897. The van der Waals surface area contributed by atoms with Crippen molar-refractivity contribution in [3.63, 3.8) is 0 Å². The molecule has 1 aromatic rings. The zero-order valence-corrected chi connectivity index (χ0v) is 21.7. The van der Waals surface area contributed by atoms with Crippen molar-refractivity contribution in [1.29, 1.82) is 0 Å². The molecule has 1 aromatic carbocycles. The molecule has 5 nitrogen and oxygen atoms in total. The van der Waals surface area contributed by atoms with E-state index in [0.29, 0.717) is 5.92 Å². The predicted octanol–water partition coefficient (Wildman–Crippen LogP) is 6.95. The highest BCUT2D eigenvalue weighted by molar-refractivity contribution is 6.42. The fourth-order valence-electron chi connectivity index (χ4n) is 5.37. The van der Waals surface area contributed by atoms with Gasteiger partial charge in [0.1, 0.15) is 5.41 Å². The van der Waals surface area contributed by atoms with Crippen LogP contribution >= 0.6 is 34.8 Å². The molecule has 8 heteroatoms. The monoisotopic (exact) mass is 504 g/mol. The highest BCUT2D eigenvalue weighted by Gasteiger charge is 2.72. The summed E-state index contributed by atoms with van der Waals surface area (Å²) in [4.78, 5) is 25.4. The van der Waals surface area contributed by atoms with Crippen molar-refractivity contribution in [2.24, 2.45) is 22.2 Å². The molecule has 2 aliphatic carbocycles. The number of ether oxygens (including phenoxy) is 3. The average Bonchev–Trinajstić information content (AvgIpc) is 3.03. The first kappa shape index (κ1) is 25.8. The van der Waals surface area contributed by atoms with Crippen LogP contribution in [0.2, 0.25) is 15.1 Å². The summed E-state index contributed by atoms with van der Waals surface area (Å²) in [5.74, 6) is -1.85. The van der Waals surface area contributed by atoms with E-state index in [9.17, 15) is 9.59 Å². The number of hydrogen-bond acceptors (Lipinski definition) is 5. The highest BCUT2D eigenvalue weighted by atomic mass is 35.5. The normalized spacial score (nSPS) is 34.7. The Balaban J connectivity index is 0.00000141. The Labute approximate surface area is 205 Å². The second-order valence-electron chi connectivity index (χ2n) is 9.81. The van der Waals surface area contributed by atoms with Crippen molar-refractivity contribution in [3.8, 4) is 0 Å². The van der Waals surface area contributed by atoms with Crippen LogP contribution in [0.1, 0.15) is 71.2 Å². The van der Waals surface area contributed by atoms with Crippen LogP contribution in [0.3, 0.4) is 0 Å². The van der Waals surface area contributed by atoms with Crippen LogP contribution in [0, 0.1) is 22.2 Å². The van der Waals surface area contributed by atoms with E-state index in [4.69, 9.17) is 49.0 Å². The number of benzene rings is 1. The van der Waals surface area contributed by atoms with Crippen molar-refractivity contribution in [1.82, 2.24) is 0 Å². The lowest BCUT2D eigenvalue weighted by Gasteiger charge is -2.52. The van der Waals surface area contributed by atoms with E-state index in [2.05, 4.69) is 20.8 Å². The smallest absolute Gasteiger partial charge is 0.348 e. The van der Waals surface area contributed by atoms with E-state index in [1.54, 1.807) is 6.92 Å². The lowest BCUT2D eigenvalue weighted by atomic mass is 9.68.